The molecule has 1 heterocycles. The highest BCUT2D eigenvalue weighted by atomic mass is 32.2. The highest BCUT2D eigenvalue weighted by Crippen LogP contribution is 2.21. The Morgan fingerprint density at radius 3 is 2.81 bits per heavy atom. The molecule has 3 nitrogen and oxygen atoms in total. The number of hydrogen-bond donors (Lipinski definition) is 0. The van der Waals surface area contributed by atoms with Crippen LogP contribution in [0.2, 0.25) is 0 Å². The van der Waals surface area contributed by atoms with Gasteiger partial charge in [-0.3, -0.25) is 0 Å². The zero-order valence-electron chi connectivity index (χ0n) is 8.48. The van der Waals surface area contributed by atoms with Crippen molar-refractivity contribution in [1.82, 2.24) is 0 Å². The molecule has 0 aromatic heterocycles. The molecule has 0 N–H and O–H groups in total. The quantitative estimate of drug-likeness (QED) is 0.649. The molecule has 0 aromatic carbocycles. The fraction of sp³-hybridized carbons (Fsp3) is 0.273. The van der Waals surface area contributed by atoms with Gasteiger partial charge in [0.2, 0.25) is 14.9 Å². The molecular weight excluding hydrogens is 231 g/mol. The van der Waals surface area contributed by atoms with E-state index in [0.717, 1.165) is 6.26 Å². The predicted molar refractivity (Wildman–Crippen MR) is 57.4 cm³/mol. The van der Waals surface area contributed by atoms with Crippen LogP contribution in [0.1, 0.15) is 0 Å². The topological polar surface area (TPSA) is 43.4 Å². The van der Waals surface area contributed by atoms with Crippen molar-refractivity contribution in [3.05, 3.63) is 35.2 Å². The molecule has 0 spiro atoms. The fourth-order valence-electron chi connectivity index (χ4n) is 1.36. The second-order valence-electron chi connectivity index (χ2n) is 3.52. The number of fused-ring (bicyclic) bond motifs is 2. The Bertz CT molecular complexity index is 558. The van der Waals surface area contributed by atoms with Crippen LogP contribution in [0.4, 0.5) is 4.39 Å². The van der Waals surface area contributed by atoms with E-state index in [0.29, 0.717) is 0 Å². The summed E-state index contributed by atoms with van der Waals surface area (Å²) in [4.78, 5) is 0. The normalized spacial score (nSPS) is 32.9. The Balaban J connectivity index is 2.50. The molecule has 5 heteroatoms. The Morgan fingerprint density at radius 1 is 1.38 bits per heavy atom. The van der Waals surface area contributed by atoms with E-state index >= 15 is 0 Å². The van der Waals surface area contributed by atoms with Crippen LogP contribution < -0.4 is 0 Å². The summed E-state index contributed by atoms with van der Waals surface area (Å²) in [6.45, 7) is 0. The maximum Gasteiger partial charge on any atom is 0.210 e. The third kappa shape index (κ3) is 2.34. The SMILES string of the molecule is CS(=O)(=O)C1=CC2C#CC(/C=C\C(F)=C/2)O1. The average Bonchev–Trinajstić information content (AvgIpc) is 2.30. The zero-order chi connectivity index (χ0) is 11.8. The van der Waals surface area contributed by atoms with Crippen molar-refractivity contribution in [3.63, 3.8) is 0 Å². The molecule has 16 heavy (non-hydrogen) atoms. The van der Waals surface area contributed by atoms with Crippen molar-refractivity contribution in [2.45, 2.75) is 6.10 Å². The first kappa shape index (κ1) is 11.0. The van der Waals surface area contributed by atoms with Gasteiger partial charge in [-0.2, -0.15) is 0 Å². The minimum absolute atomic E-state index is 0.171. The Kier molecular flexibility index (Phi) is 2.60. The van der Waals surface area contributed by atoms with E-state index in [1.54, 1.807) is 0 Å². The highest BCUT2D eigenvalue weighted by Gasteiger charge is 2.21. The molecule has 0 fully saturated rings. The smallest absolute Gasteiger partial charge is 0.210 e. The summed E-state index contributed by atoms with van der Waals surface area (Å²) in [5.41, 5.74) is 0. The molecule has 1 aliphatic carbocycles. The van der Waals surface area contributed by atoms with Gasteiger partial charge < -0.3 is 4.74 Å². The fourth-order valence-corrected chi connectivity index (χ4v) is 2.03. The molecule has 0 amide bonds. The first-order valence-corrected chi connectivity index (χ1v) is 6.49. The van der Waals surface area contributed by atoms with Gasteiger partial charge in [-0.25, -0.2) is 12.8 Å². The maximum absolute atomic E-state index is 13.2. The van der Waals surface area contributed by atoms with E-state index < -0.39 is 27.7 Å². The molecule has 0 aromatic rings. The van der Waals surface area contributed by atoms with Gasteiger partial charge in [-0.15, -0.1) is 0 Å². The second-order valence-corrected chi connectivity index (χ2v) is 5.47. The van der Waals surface area contributed by atoms with Crippen LogP contribution in [0.3, 0.4) is 0 Å². The lowest BCUT2D eigenvalue weighted by molar-refractivity contribution is 0.220. The first-order valence-electron chi connectivity index (χ1n) is 4.60. The predicted octanol–water partition coefficient (Wildman–Crippen LogP) is 1.31. The minimum atomic E-state index is -3.45. The van der Waals surface area contributed by atoms with Crippen molar-refractivity contribution in [2.75, 3.05) is 6.26 Å². The zero-order valence-corrected chi connectivity index (χ0v) is 9.29. The van der Waals surface area contributed by atoms with E-state index in [1.807, 2.05) is 0 Å². The molecule has 2 aliphatic rings. The van der Waals surface area contributed by atoms with E-state index in [1.165, 1.54) is 24.3 Å². The lowest BCUT2D eigenvalue weighted by Crippen LogP contribution is -2.12. The molecule has 0 saturated heterocycles. The molecule has 2 bridgehead atoms. The van der Waals surface area contributed by atoms with Crippen molar-refractivity contribution < 1.29 is 17.5 Å². The molecule has 1 aliphatic heterocycles. The molecule has 2 atom stereocenters. The number of sulfone groups is 1. The van der Waals surface area contributed by atoms with Gasteiger partial charge in [0.05, 0.1) is 5.92 Å². The summed E-state index contributed by atoms with van der Waals surface area (Å²) < 4.78 is 41.1. The molecule has 0 saturated carbocycles. The molecule has 2 unspecified atom stereocenters. The van der Waals surface area contributed by atoms with Gasteiger partial charge in [0, 0.05) is 6.26 Å². The summed E-state index contributed by atoms with van der Waals surface area (Å²) >= 11 is 0. The lowest BCUT2D eigenvalue weighted by Gasteiger charge is -2.10. The van der Waals surface area contributed by atoms with E-state index in [4.69, 9.17) is 4.74 Å². The van der Waals surface area contributed by atoms with Crippen molar-refractivity contribution >= 4 is 9.84 Å². The van der Waals surface area contributed by atoms with Gasteiger partial charge in [0.15, 0.2) is 6.10 Å². The van der Waals surface area contributed by atoms with Gasteiger partial charge in [0.1, 0.15) is 5.83 Å². The van der Waals surface area contributed by atoms with Crippen LogP contribution in [0.25, 0.3) is 0 Å². The van der Waals surface area contributed by atoms with Crippen LogP contribution in [-0.4, -0.2) is 20.8 Å². The molecule has 0 radical (unpaired) electrons. The first-order chi connectivity index (χ1) is 7.45. The van der Waals surface area contributed by atoms with Gasteiger partial charge in [0.25, 0.3) is 0 Å². The number of halogens is 1. The van der Waals surface area contributed by atoms with Crippen LogP contribution in [0.5, 0.6) is 0 Å². The van der Waals surface area contributed by atoms with Crippen molar-refractivity contribution in [3.8, 4) is 11.8 Å². The second kappa shape index (κ2) is 3.80. The molecular formula is C11H9FO3S. The van der Waals surface area contributed by atoms with E-state index in [9.17, 15) is 12.8 Å². The number of allylic oxidation sites excluding steroid dienone is 4. The molecule has 84 valence electrons. The number of hydrogen-bond acceptors (Lipinski definition) is 3. The molecule has 2 rings (SSSR count). The van der Waals surface area contributed by atoms with E-state index in [2.05, 4.69) is 11.8 Å². The lowest BCUT2D eigenvalue weighted by atomic mass is 10.1. The van der Waals surface area contributed by atoms with Crippen LogP contribution in [0.15, 0.2) is 35.2 Å². The van der Waals surface area contributed by atoms with Gasteiger partial charge >= 0.3 is 0 Å². The van der Waals surface area contributed by atoms with Crippen LogP contribution in [-0.2, 0) is 14.6 Å². The van der Waals surface area contributed by atoms with Gasteiger partial charge in [-0.05, 0) is 24.3 Å². The third-order valence-electron chi connectivity index (χ3n) is 2.09. The minimum Gasteiger partial charge on any atom is -0.462 e. The summed E-state index contributed by atoms with van der Waals surface area (Å²) in [6, 6.07) is 0. The van der Waals surface area contributed by atoms with Crippen LogP contribution >= 0.6 is 0 Å². The monoisotopic (exact) mass is 240 g/mol. The number of rotatable bonds is 1. The highest BCUT2D eigenvalue weighted by molar-refractivity contribution is 7.94. The summed E-state index contributed by atoms with van der Waals surface area (Å²) in [7, 11) is -3.45. The Hall–Kier alpha value is -1.54. The van der Waals surface area contributed by atoms with Crippen LogP contribution in [0, 0.1) is 17.8 Å². The summed E-state index contributed by atoms with van der Waals surface area (Å²) in [6.07, 6.45) is 5.50. The maximum atomic E-state index is 13.2. The van der Waals surface area contributed by atoms with Gasteiger partial charge in [-0.1, -0.05) is 11.8 Å². The average molecular weight is 240 g/mol. The van der Waals surface area contributed by atoms with Crippen molar-refractivity contribution in [2.24, 2.45) is 5.92 Å². The third-order valence-corrected chi connectivity index (χ3v) is 3.05. The Morgan fingerprint density at radius 2 is 2.12 bits per heavy atom. The largest absolute Gasteiger partial charge is 0.462 e. The summed E-state index contributed by atoms with van der Waals surface area (Å²) in [5.74, 6) is 4.44. The van der Waals surface area contributed by atoms with Crippen molar-refractivity contribution in [1.29, 1.82) is 0 Å². The standard InChI is InChI=1S/C11H9FO3S/c1-16(13,14)11-7-8-2-4-10(15-11)5-3-9(12)6-8/h3,5-8,10H,1H3/b5-3-,9-6+. The number of ether oxygens (including phenoxy) is 1. The summed E-state index contributed by atoms with van der Waals surface area (Å²) in [5, 5.41) is -0.171. The van der Waals surface area contributed by atoms with E-state index in [-0.39, 0.29) is 5.09 Å². The Labute approximate surface area is 93.2 Å².